The Morgan fingerprint density at radius 3 is 2.50 bits per heavy atom. The molecule has 3 rings (SSSR count). The molecule has 0 radical (unpaired) electrons. The number of nitrogen functional groups attached to an aromatic ring is 1. The van der Waals surface area contributed by atoms with E-state index in [0.717, 1.165) is 12.1 Å². The van der Waals surface area contributed by atoms with E-state index in [1.807, 2.05) is 12.1 Å². The third-order valence-electron chi connectivity index (χ3n) is 3.87. The summed E-state index contributed by atoms with van der Waals surface area (Å²) < 4.78 is 5.93. The molecule has 26 heavy (non-hydrogen) atoms. The predicted octanol–water partition coefficient (Wildman–Crippen LogP) is 4.64. The molecular weight excluding hydrogens is 328 g/mol. The standard InChI is InChI=1S/C20H22N4O2/c1-2-3-4-14-5-11-17(12-6-14)26-18-13-22-20(21)24-19(18)23-15-7-9-16(25)10-8-15/h5-13,25H,2-4H2,1H3,(H3,21,22,23,24). The quantitative estimate of drug-likeness (QED) is 0.537. The van der Waals surface area contributed by atoms with E-state index in [1.165, 1.54) is 24.6 Å². The van der Waals surface area contributed by atoms with Crippen molar-refractivity contribution in [3.8, 4) is 17.2 Å². The van der Waals surface area contributed by atoms with Crippen LogP contribution >= 0.6 is 0 Å². The molecule has 0 saturated heterocycles. The van der Waals surface area contributed by atoms with Gasteiger partial charge in [0.1, 0.15) is 11.5 Å². The first-order valence-corrected chi connectivity index (χ1v) is 8.59. The molecule has 0 spiro atoms. The number of nitrogens with zero attached hydrogens (tertiary/aromatic N) is 2. The van der Waals surface area contributed by atoms with Crippen LogP contribution in [0.3, 0.4) is 0 Å². The van der Waals surface area contributed by atoms with Gasteiger partial charge in [-0.25, -0.2) is 4.98 Å². The molecule has 0 unspecified atom stereocenters. The maximum atomic E-state index is 9.39. The third-order valence-corrected chi connectivity index (χ3v) is 3.87. The molecule has 6 heteroatoms. The van der Waals surface area contributed by atoms with Crippen LogP contribution in [0.25, 0.3) is 0 Å². The number of aromatic nitrogens is 2. The molecule has 0 fully saturated rings. The molecule has 134 valence electrons. The van der Waals surface area contributed by atoms with Gasteiger partial charge in [0.2, 0.25) is 5.95 Å². The van der Waals surface area contributed by atoms with Crippen molar-refractivity contribution in [3.63, 3.8) is 0 Å². The predicted molar refractivity (Wildman–Crippen MR) is 103 cm³/mol. The number of benzene rings is 2. The first kappa shape index (κ1) is 17.5. The normalized spacial score (nSPS) is 10.5. The molecule has 1 heterocycles. The summed E-state index contributed by atoms with van der Waals surface area (Å²) in [6.07, 6.45) is 4.95. The van der Waals surface area contributed by atoms with E-state index in [2.05, 4.69) is 34.3 Å². The number of nitrogens with two attached hydrogens (primary N) is 1. The van der Waals surface area contributed by atoms with Crippen LogP contribution in [0.2, 0.25) is 0 Å². The van der Waals surface area contributed by atoms with E-state index in [1.54, 1.807) is 24.3 Å². The van der Waals surface area contributed by atoms with Gasteiger partial charge < -0.3 is 20.9 Å². The molecule has 0 aliphatic rings. The molecule has 3 aromatic rings. The summed E-state index contributed by atoms with van der Waals surface area (Å²) >= 11 is 0. The van der Waals surface area contributed by atoms with E-state index < -0.39 is 0 Å². The summed E-state index contributed by atoms with van der Waals surface area (Å²) in [7, 11) is 0. The maximum absolute atomic E-state index is 9.39. The van der Waals surface area contributed by atoms with Gasteiger partial charge in [0.25, 0.3) is 0 Å². The minimum absolute atomic E-state index is 0.147. The zero-order valence-electron chi connectivity index (χ0n) is 14.6. The first-order valence-electron chi connectivity index (χ1n) is 8.59. The summed E-state index contributed by atoms with van der Waals surface area (Å²) in [6.45, 7) is 2.18. The van der Waals surface area contributed by atoms with Gasteiger partial charge in [0.15, 0.2) is 11.6 Å². The second-order valence-electron chi connectivity index (χ2n) is 5.96. The molecule has 2 aromatic carbocycles. The van der Waals surface area contributed by atoms with Crippen LogP contribution < -0.4 is 15.8 Å². The number of aryl methyl sites for hydroxylation is 1. The average Bonchev–Trinajstić information content (AvgIpc) is 2.65. The number of nitrogens with one attached hydrogen (secondary N) is 1. The molecule has 0 amide bonds. The average molecular weight is 350 g/mol. The summed E-state index contributed by atoms with van der Waals surface area (Å²) in [5.74, 6) is 1.96. The van der Waals surface area contributed by atoms with Gasteiger partial charge in [-0.1, -0.05) is 25.5 Å². The Morgan fingerprint density at radius 2 is 1.81 bits per heavy atom. The molecule has 0 bridgehead atoms. The van der Waals surface area contributed by atoms with Crippen molar-refractivity contribution in [2.75, 3.05) is 11.1 Å². The smallest absolute Gasteiger partial charge is 0.222 e. The van der Waals surface area contributed by atoms with Crippen LogP contribution in [0, 0.1) is 0 Å². The fourth-order valence-electron chi connectivity index (χ4n) is 2.46. The van der Waals surface area contributed by atoms with Gasteiger partial charge in [0, 0.05) is 5.69 Å². The van der Waals surface area contributed by atoms with Gasteiger partial charge in [-0.05, 0) is 54.8 Å². The zero-order valence-corrected chi connectivity index (χ0v) is 14.6. The highest BCUT2D eigenvalue weighted by Crippen LogP contribution is 2.30. The number of phenolic OH excluding ortho intramolecular Hbond substituents is 1. The van der Waals surface area contributed by atoms with Crippen LogP contribution in [-0.4, -0.2) is 15.1 Å². The van der Waals surface area contributed by atoms with Crippen molar-refractivity contribution < 1.29 is 9.84 Å². The van der Waals surface area contributed by atoms with Crippen LogP contribution in [-0.2, 0) is 6.42 Å². The second kappa shape index (κ2) is 8.20. The van der Waals surface area contributed by atoms with E-state index in [9.17, 15) is 5.11 Å². The van der Waals surface area contributed by atoms with Crippen LogP contribution in [0.1, 0.15) is 25.3 Å². The number of phenols is 1. The van der Waals surface area contributed by atoms with Gasteiger partial charge in [-0.15, -0.1) is 0 Å². The monoisotopic (exact) mass is 350 g/mol. The van der Waals surface area contributed by atoms with Crippen molar-refractivity contribution in [2.24, 2.45) is 0 Å². The Kier molecular flexibility index (Phi) is 5.53. The largest absolute Gasteiger partial charge is 0.508 e. The molecule has 0 aliphatic heterocycles. The van der Waals surface area contributed by atoms with Crippen LogP contribution in [0.4, 0.5) is 17.5 Å². The SMILES string of the molecule is CCCCc1ccc(Oc2cnc(N)nc2Nc2ccc(O)cc2)cc1. The second-order valence-corrected chi connectivity index (χ2v) is 5.96. The van der Waals surface area contributed by atoms with Crippen LogP contribution in [0.5, 0.6) is 17.2 Å². The Bertz CT molecular complexity index is 849. The van der Waals surface area contributed by atoms with E-state index in [4.69, 9.17) is 10.5 Å². The lowest BCUT2D eigenvalue weighted by atomic mass is 10.1. The number of hydrogen-bond acceptors (Lipinski definition) is 6. The van der Waals surface area contributed by atoms with Gasteiger partial charge >= 0.3 is 0 Å². The number of rotatable bonds is 7. The number of ether oxygens (including phenoxy) is 1. The fraction of sp³-hybridized carbons (Fsp3) is 0.200. The lowest BCUT2D eigenvalue weighted by Crippen LogP contribution is -2.02. The summed E-state index contributed by atoms with van der Waals surface area (Å²) in [5.41, 5.74) is 7.75. The fourth-order valence-corrected chi connectivity index (χ4v) is 2.46. The molecule has 0 saturated carbocycles. The van der Waals surface area contributed by atoms with Crippen molar-refractivity contribution in [3.05, 3.63) is 60.3 Å². The maximum Gasteiger partial charge on any atom is 0.222 e. The summed E-state index contributed by atoms with van der Waals surface area (Å²) in [5, 5.41) is 12.5. The first-order chi connectivity index (χ1) is 12.6. The summed E-state index contributed by atoms with van der Waals surface area (Å²) in [4.78, 5) is 8.22. The zero-order chi connectivity index (χ0) is 18.4. The van der Waals surface area contributed by atoms with Gasteiger partial charge in [-0.2, -0.15) is 4.98 Å². The minimum atomic E-state index is 0.147. The highest BCUT2D eigenvalue weighted by molar-refractivity contribution is 5.63. The van der Waals surface area contributed by atoms with Crippen molar-refractivity contribution in [2.45, 2.75) is 26.2 Å². The third kappa shape index (κ3) is 4.63. The molecule has 0 atom stereocenters. The van der Waals surface area contributed by atoms with E-state index >= 15 is 0 Å². The lowest BCUT2D eigenvalue weighted by molar-refractivity contribution is 0.475. The number of hydrogen-bond donors (Lipinski definition) is 3. The Morgan fingerprint density at radius 1 is 1.08 bits per heavy atom. The Labute approximate surface area is 152 Å². The van der Waals surface area contributed by atoms with E-state index in [0.29, 0.717) is 17.3 Å². The molecule has 4 N–H and O–H groups in total. The molecular formula is C20H22N4O2. The van der Waals surface area contributed by atoms with E-state index in [-0.39, 0.29) is 11.7 Å². The molecule has 0 aliphatic carbocycles. The van der Waals surface area contributed by atoms with Crippen molar-refractivity contribution in [1.29, 1.82) is 0 Å². The topological polar surface area (TPSA) is 93.3 Å². The number of aromatic hydroxyl groups is 1. The Balaban J connectivity index is 1.78. The molecule has 6 nitrogen and oxygen atoms in total. The van der Waals surface area contributed by atoms with Crippen LogP contribution in [0.15, 0.2) is 54.7 Å². The number of anilines is 3. The van der Waals surface area contributed by atoms with Crippen molar-refractivity contribution >= 4 is 17.5 Å². The van der Waals surface area contributed by atoms with Crippen molar-refractivity contribution in [1.82, 2.24) is 9.97 Å². The van der Waals surface area contributed by atoms with Gasteiger partial charge in [0.05, 0.1) is 6.20 Å². The Hall–Kier alpha value is -3.28. The van der Waals surface area contributed by atoms with Gasteiger partial charge in [-0.3, -0.25) is 0 Å². The highest BCUT2D eigenvalue weighted by Gasteiger charge is 2.09. The molecule has 1 aromatic heterocycles. The lowest BCUT2D eigenvalue weighted by Gasteiger charge is -2.12. The summed E-state index contributed by atoms with van der Waals surface area (Å²) in [6, 6.07) is 14.6. The number of unbranched alkanes of at least 4 members (excludes halogenated alkanes) is 1. The highest BCUT2D eigenvalue weighted by atomic mass is 16.5. The minimum Gasteiger partial charge on any atom is -0.508 e.